The maximum Gasteiger partial charge on any atom is 0.410 e. The zero-order valence-electron chi connectivity index (χ0n) is 18.4. The summed E-state index contributed by atoms with van der Waals surface area (Å²) in [7, 11) is 0. The first-order chi connectivity index (χ1) is 16.6. The van der Waals surface area contributed by atoms with Crippen LogP contribution in [0.3, 0.4) is 0 Å². The van der Waals surface area contributed by atoms with Crippen LogP contribution in [0.2, 0.25) is 0 Å². The Bertz CT molecular complexity index is 1390. The van der Waals surface area contributed by atoms with Crippen LogP contribution in [0.4, 0.5) is 27.8 Å². The minimum Gasteiger partial charge on any atom is -0.295 e. The number of halogens is 5. The molecule has 1 unspecified atom stereocenters. The van der Waals surface area contributed by atoms with Crippen molar-refractivity contribution in [2.24, 2.45) is 0 Å². The summed E-state index contributed by atoms with van der Waals surface area (Å²) in [6, 6.07) is 9.57. The molecule has 35 heavy (non-hydrogen) atoms. The molecule has 3 aromatic heterocycles. The first-order valence-corrected chi connectivity index (χ1v) is 10.8. The summed E-state index contributed by atoms with van der Waals surface area (Å²) >= 11 is 0. The number of aryl methyl sites for hydroxylation is 1. The molecule has 7 nitrogen and oxygen atoms in total. The Kier molecular flexibility index (Phi) is 5.53. The standard InChI is InChI=1S/C23H19F5N6O/c1-13-20-15(21(24)25)11-16(14-5-3-2-4-6-14)30-22(20)33(31-13)12-19(35)32-10-8-17(23(26,27)28)34-18(32)7-9-29-34/h2-7,9,11,17,21H,8,10,12H2,1H3. The monoisotopic (exact) mass is 490 g/mol. The Morgan fingerprint density at radius 2 is 1.91 bits per heavy atom. The summed E-state index contributed by atoms with van der Waals surface area (Å²) in [6.45, 7) is 0.987. The summed E-state index contributed by atoms with van der Waals surface area (Å²) in [5.74, 6) is -0.537. The van der Waals surface area contributed by atoms with E-state index in [0.717, 1.165) is 4.68 Å². The predicted molar refractivity (Wildman–Crippen MR) is 117 cm³/mol. The van der Waals surface area contributed by atoms with Crippen molar-refractivity contribution in [1.29, 1.82) is 0 Å². The van der Waals surface area contributed by atoms with Gasteiger partial charge in [0, 0.05) is 23.7 Å². The van der Waals surface area contributed by atoms with E-state index in [1.165, 1.54) is 27.9 Å². The number of carbonyl (C=O) groups is 1. The Labute approximate surface area is 195 Å². The molecule has 4 heterocycles. The van der Waals surface area contributed by atoms with Gasteiger partial charge in [0.05, 0.1) is 23.0 Å². The van der Waals surface area contributed by atoms with E-state index in [0.29, 0.717) is 11.3 Å². The maximum absolute atomic E-state index is 14.0. The normalized spacial score (nSPS) is 16.2. The molecule has 5 rings (SSSR count). The van der Waals surface area contributed by atoms with Crippen LogP contribution in [0.15, 0.2) is 48.7 Å². The van der Waals surface area contributed by atoms with E-state index in [1.54, 1.807) is 37.3 Å². The molecule has 1 aliphatic heterocycles. The van der Waals surface area contributed by atoms with Gasteiger partial charge in [-0.2, -0.15) is 23.4 Å². The van der Waals surface area contributed by atoms with Crippen molar-refractivity contribution in [3.05, 3.63) is 59.9 Å². The molecule has 1 atom stereocenters. The molecule has 4 aromatic rings. The molecule has 0 fully saturated rings. The van der Waals surface area contributed by atoms with Gasteiger partial charge < -0.3 is 0 Å². The van der Waals surface area contributed by atoms with E-state index in [9.17, 15) is 26.7 Å². The maximum atomic E-state index is 14.0. The summed E-state index contributed by atoms with van der Waals surface area (Å²) in [5.41, 5.74) is 1.04. The Balaban J connectivity index is 1.53. The number of fused-ring (bicyclic) bond motifs is 2. The van der Waals surface area contributed by atoms with E-state index in [2.05, 4.69) is 15.2 Å². The summed E-state index contributed by atoms with van der Waals surface area (Å²) in [4.78, 5) is 18.9. The largest absolute Gasteiger partial charge is 0.410 e. The Morgan fingerprint density at radius 3 is 2.60 bits per heavy atom. The second-order valence-corrected chi connectivity index (χ2v) is 8.23. The molecule has 1 amide bonds. The van der Waals surface area contributed by atoms with E-state index < -0.39 is 24.6 Å². The molecular formula is C23H19F5N6O. The lowest BCUT2D eigenvalue weighted by Gasteiger charge is -2.33. The Hall–Kier alpha value is -3.83. The van der Waals surface area contributed by atoms with Gasteiger partial charge in [0.25, 0.3) is 6.43 Å². The molecule has 0 saturated carbocycles. The predicted octanol–water partition coefficient (Wildman–Crippen LogP) is 5.08. The van der Waals surface area contributed by atoms with Gasteiger partial charge in [-0.05, 0) is 19.4 Å². The zero-order chi connectivity index (χ0) is 24.9. The lowest BCUT2D eigenvalue weighted by Crippen LogP contribution is -2.44. The lowest BCUT2D eigenvalue weighted by atomic mass is 10.1. The third-order valence-electron chi connectivity index (χ3n) is 6.02. The van der Waals surface area contributed by atoms with Gasteiger partial charge in [0.2, 0.25) is 5.91 Å². The highest BCUT2D eigenvalue weighted by Gasteiger charge is 2.45. The molecule has 0 saturated heterocycles. The van der Waals surface area contributed by atoms with Gasteiger partial charge in [-0.25, -0.2) is 23.1 Å². The van der Waals surface area contributed by atoms with Crippen LogP contribution in [0.5, 0.6) is 0 Å². The number of amides is 1. The lowest BCUT2D eigenvalue weighted by molar-refractivity contribution is -0.173. The highest BCUT2D eigenvalue weighted by molar-refractivity contribution is 5.94. The van der Waals surface area contributed by atoms with Crippen LogP contribution in [-0.4, -0.2) is 43.2 Å². The molecule has 1 aromatic carbocycles. The fourth-order valence-electron chi connectivity index (χ4n) is 4.44. The first-order valence-electron chi connectivity index (χ1n) is 10.8. The van der Waals surface area contributed by atoms with Crippen molar-refractivity contribution >= 4 is 22.8 Å². The minimum atomic E-state index is -4.51. The highest BCUT2D eigenvalue weighted by atomic mass is 19.4. The number of nitrogens with zero attached hydrogens (tertiary/aromatic N) is 6. The van der Waals surface area contributed by atoms with Crippen molar-refractivity contribution in [3.63, 3.8) is 0 Å². The molecule has 0 aliphatic carbocycles. The summed E-state index contributed by atoms with van der Waals surface area (Å²) < 4.78 is 70.1. The SMILES string of the molecule is Cc1nn(CC(=O)N2CCC(C(F)(F)F)n3nccc32)c2nc(-c3ccccc3)cc(C(F)F)c12. The van der Waals surface area contributed by atoms with Crippen molar-refractivity contribution in [1.82, 2.24) is 24.5 Å². The molecule has 12 heteroatoms. The third-order valence-corrected chi connectivity index (χ3v) is 6.02. The summed E-state index contributed by atoms with van der Waals surface area (Å²) in [5, 5.41) is 8.18. The molecule has 0 bridgehead atoms. The van der Waals surface area contributed by atoms with Gasteiger partial charge >= 0.3 is 6.18 Å². The van der Waals surface area contributed by atoms with Gasteiger partial charge in [0.15, 0.2) is 11.7 Å². The number of pyridine rings is 1. The van der Waals surface area contributed by atoms with Crippen LogP contribution in [0, 0.1) is 6.92 Å². The second-order valence-electron chi connectivity index (χ2n) is 8.23. The van der Waals surface area contributed by atoms with E-state index in [-0.39, 0.29) is 47.6 Å². The third kappa shape index (κ3) is 4.02. The Morgan fingerprint density at radius 1 is 1.17 bits per heavy atom. The van der Waals surface area contributed by atoms with Gasteiger partial charge in [-0.3, -0.25) is 9.69 Å². The van der Waals surface area contributed by atoms with Crippen molar-refractivity contribution in [2.75, 3.05) is 11.4 Å². The molecular weight excluding hydrogens is 471 g/mol. The van der Waals surface area contributed by atoms with Crippen molar-refractivity contribution < 1.29 is 26.7 Å². The van der Waals surface area contributed by atoms with Crippen LogP contribution < -0.4 is 4.90 Å². The van der Waals surface area contributed by atoms with Crippen LogP contribution in [0.25, 0.3) is 22.3 Å². The van der Waals surface area contributed by atoms with E-state index in [1.807, 2.05) is 0 Å². The van der Waals surface area contributed by atoms with Gasteiger partial charge in [0.1, 0.15) is 12.4 Å². The molecule has 182 valence electrons. The fraction of sp³-hybridized carbons (Fsp3) is 0.304. The number of rotatable bonds is 4. The number of aromatic nitrogens is 5. The second kappa shape index (κ2) is 8.43. The molecule has 0 spiro atoms. The number of hydrogen-bond donors (Lipinski definition) is 0. The smallest absolute Gasteiger partial charge is 0.295 e. The molecule has 0 N–H and O–H groups in total. The topological polar surface area (TPSA) is 68.8 Å². The summed E-state index contributed by atoms with van der Waals surface area (Å²) in [6.07, 6.45) is -6.45. The van der Waals surface area contributed by atoms with Gasteiger partial charge in [-0.1, -0.05) is 30.3 Å². The zero-order valence-corrected chi connectivity index (χ0v) is 18.4. The average Bonchev–Trinajstić information content (AvgIpc) is 3.42. The quantitative estimate of drug-likeness (QED) is 0.374. The van der Waals surface area contributed by atoms with Crippen molar-refractivity contribution in [2.45, 2.75) is 38.5 Å². The van der Waals surface area contributed by atoms with E-state index >= 15 is 0 Å². The molecule has 1 aliphatic rings. The number of benzene rings is 1. The number of hydrogen-bond acceptors (Lipinski definition) is 4. The minimum absolute atomic E-state index is 0.0166. The van der Waals surface area contributed by atoms with E-state index in [4.69, 9.17) is 0 Å². The molecule has 0 radical (unpaired) electrons. The van der Waals surface area contributed by atoms with Crippen LogP contribution in [-0.2, 0) is 11.3 Å². The average molecular weight is 490 g/mol. The highest BCUT2D eigenvalue weighted by Crippen LogP contribution is 2.39. The van der Waals surface area contributed by atoms with Gasteiger partial charge in [-0.15, -0.1) is 0 Å². The van der Waals surface area contributed by atoms with Crippen LogP contribution in [0.1, 0.15) is 30.1 Å². The number of anilines is 1. The number of carbonyl (C=O) groups excluding carboxylic acids is 1. The first kappa shape index (κ1) is 22.9. The fourth-order valence-corrected chi connectivity index (χ4v) is 4.44. The number of alkyl halides is 5. The van der Waals surface area contributed by atoms with Crippen molar-refractivity contribution in [3.8, 4) is 11.3 Å². The van der Waals surface area contributed by atoms with Crippen LogP contribution >= 0.6 is 0 Å².